The maximum absolute atomic E-state index is 12.8. The molecule has 4 N–H and O–H groups in total. The fourth-order valence-electron chi connectivity index (χ4n) is 3.78. The van der Waals surface area contributed by atoms with Crippen LogP contribution in [0.2, 0.25) is 0 Å². The van der Waals surface area contributed by atoms with Crippen LogP contribution in [-0.4, -0.2) is 81.4 Å². The fraction of sp³-hybridized carbons (Fsp3) is 0.480. The quantitative estimate of drug-likeness (QED) is 0.136. The molecule has 3 atom stereocenters. The number of nitrogens with one attached hydrogen (secondary N) is 1. The van der Waals surface area contributed by atoms with Gasteiger partial charge in [-0.05, 0) is 45.1 Å². The molecule has 0 saturated carbocycles. The number of hydrogen-bond acceptors (Lipinski definition) is 9. The van der Waals surface area contributed by atoms with Gasteiger partial charge >= 0.3 is 23.9 Å². The van der Waals surface area contributed by atoms with Gasteiger partial charge in [-0.3, -0.25) is 14.5 Å². The smallest absolute Gasteiger partial charge is 0.365 e. The third-order valence-electron chi connectivity index (χ3n) is 5.47. The molecule has 1 aromatic carbocycles. The highest BCUT2D eigenvalue weighted by Gasteiger charge is 2.36. The molecule has 1 aromatic rings. The number of amides is 1. The molecular formula is C25H34N2O10. The number of rotatable bonds is 12. The molecule has 1 aliphatic heterocycles. The van der Waals surface area contributed by atoms with E-state index in [9.17, 15) is 29.1 Å². The summed E-state index contributed by atoms with van der Waals surface area (Å²) in [4.78, 5) is 60.2. The monoisotopic (exact) mass is 522 g/mol. The van der Waals surface area contributed by atoms with Crippen molar-refractivity contribution in [2.75, 3.05) is 13.2 Å². The average molecular weight is 523 g/mol. The lowest BCUT2D eigenvalue weighted by molar-refractivity contribution is -0.228. The maximum atomic E-state index is 12.8. The summed E-state index contributed by atoms with van der Waals surface area (Å²) in [7, 11) is 0. The summed E-state index contributed by atoms with van der Waals surface area (Å²) >= 11 is 0. The Labute approximate surface area is 214 Å². The maximum Gasteiger partial charge on any atom is 0.365 e. The second kappa shape index (κ2) is 16.8. The van der Waals surface area contributed by atoms with E-state index in [2.05, 4.69) is 10.2 Å². The average Bonchev–Trinajstić information content (AvgIpc) is 3.37. The van der Waals surface area contributed by atoms with E-state index in [4.69, 9.17) is 15.1 Å². The van der Waals surface area contributed by atoms with E-state index in [0.717, 1.165) is 12.0 Å². The Morgan fingerprint density at radius 2 is 1.81 bits per heavy atom. The Morgan fingerprint density at radius 1 is 1.14 bits per heavy atom. The zero-order chi connectivity index (χ0) is 27.8. The zero-order valence-electron chi connectivity index (χ0n) is 20.9. The highest BCUT2D eigenvalue weighted by molar-refractivity contribution is 5.90. The van der Waals surface area contributed by atoms with Gasteiger partial charge in [-0.25, -0.2) is 14.4 Å². The molecule has 37 heavy (non-hydrogen) atoms. The molecule has 1 fully saturated rings. The number of carbonyl (C=O) groups excluding carboxylic acids is 3. The largest absolute Gasteiger partial charge is 0.480 e. The van der Waals surface area contributed by atoms with Gasteiger partial charge in [-0.15, -0.1) is 0 Å². The zero-order valence-corrected chi connectivity index (χ0v) is 20.9. The SMILES string of the molecule is CCOC(=O)C[C@H](CCc1ccccc1)N[C@@H](C)C(=O)N1CCC[C@H]1C(=O)O.O=C(O)/C=C\C(=O)OO. The molecule has 1 amide bonds. The summed E-state index contributed by atoms with van der Waals surface area (Å²) in [6, 6.07) is 8.37. The van der Waals surface area contributed by atoms with Gasteiger partial charge in [-0.1, -0.05) is 30.3 Å². The van der Waals surface area contributed by atoms with Crippen LogP contribution in [0.4, 0.5) is 0 Å². The highest BCUT2D eigenvalue weighted by atomic mass is 17.1. The Morgan fingerprint density at radius 3 is 2.38 bits per heavy atom. The normalized spacial score (nSPS) is 16.3. The van der Waals surface area contributed by atoms with E-state index in [1.807, 2.05) is 30.3 Å². The van der Waals surface area contributed by atoms with Crippen molar-refractivity contribution in [1.29, 1.82) is 0 Å². The standard InChI is InChI=1S/C21H30N2O5.C4H4O5/c1-3-28-19(24)14-17(12-11-16-8-5-4-6-9-16)22-15(2)20(25)23-13-7-10-18(23)21(26)27;5-3(6)1-2-4(7)9-8/h4-6,8-9,15,17-18,22H,3,7,10-14H2,1-2H3,(H,26,27);1-2,8H,(H,5,6)/b;2-1-/t15-,17-,18-;/m0./s1. The molecule has 2 rings (SSSR count). The van der Waals surface area contributed by atoms with Crippen molar-refractivity contribution in [3.63, 3.8) is 0 Å². The number of likely N-dealkylation sites (tertiary alicyclic amines) is 1. The van der Waals surface area contributed by atoms with Gasteiger partial charge < -0.3 is 25.2 Å². The van der Waals surface area contributed by atoms with Gasteiger partial charge in [0.2, 0.25) is 5.91 Å². The fourth-order valence-corrected chi connectivity index (χ4v) is 3.78. The highest BCUT2D eigenvalue weighted by Crippen LogP contribution is 2.19. The van der Waals surface area contributed by atoms with Crippen molar-refractivity contribution in [3.05, 3.63) is 48.0 Å². The summed E-state index contributed by atoms with van der Waals surface area (Å²) in [5.41, 5.74) is 1.16. The summed E-state index contributed by atoms with van der Waals surface area (Å²) in [6.07, 6.45) is 3.91. The lowest BCUT2D eigenvalue weighted by Gasteiger charge is -2.28. The molecule has 12 nitrogen and oxygen atoms in total. The van der Waals surface area contributed by atoms with Crippen molar-refractivity contribution >= 4 is 29.8 Å². The number of hydrogen-bond donors (Lipinski definition) is 4. The van der Waals surface area contributed by atoms with Crippen LogP contribution in [0.3, 0.4) is 0 Å². The lowest BCUT2D eigenvalue weighted by atomic mass is 10.0. The first-order valence-corrected chi connectivity index (χ1v) is 11.8. The number of carbonyl (C=O) groups is 5. The second-order valence-electron chi connectivity index (χ2n) is 8.23. The molecule has 0 bridgehead atoms. The number of carboxylic acid groups (broad SMARTS) is 2. The van der Waals surface area contributed by atoms with Crippen LogP contribution < -0.4 is 5.32 Å². The van der Waals surface area contributed by atoms with Crippen molar-refractivity contribution in [2.45, 2.75) is 64.1 Å². The van der Waals surface area contributed by atoms with Crippen molar-refractivity contribution < 1.29 is 49.1 Å². The van der Waals surface area contributed by atoms with Crippen LogP contribution in [0.25, 0.3) is 0 Å². The number of nitrogens with zero attached hydrogens (tertiary/aromatic N) is 1. The van der Waals surface area contributed by atoms with Gasteiger partial charge in [0, 0.05) is 24.7 Å². The Hall–Kier alpha value is -3.77. The molecule has 0 spiro atoms. The van der Waals surface area contributed by atoms with Crippen LogP contribution in [-0.2, 0) is 40.0 Å². The molecule has 1 heterocycles. The molecule has 204 valence electrons. The van der Waals surface area contributed by atoms with E-state index < -0.39 is 30.0 Å². The molecule has 0 radical (unpaired) electrons. The van der Waals surface area contributed by atoms with Crippen LogP contribution in [0, 0.1) is 0 Å². The predicted octanol–water partition coefficient (Wildman–Crippen LogP) is 1.64. The summed E-state index contributed by atoms with van der Waals surface area (Å²) in [5, 5.41) is 28.0. The first kappa shape index (κ1) is 31.3. The molecule has 1 saturated heterocycles. The van der Waals surface area contributed by atoms with Crippen molar-refractivity contribution in [3.8, 4) is 0 Å². The van der Waals surface area contributed by atoms with Crippen molar-refractivity contribution in [2.24, 2.45) is 0 Å². The Balaban J connectivity index is 0.000000649. The molecular weight excluding hydrogens is 488 g/mol. The summed E-state index contributed by atoms with van der Waals surface area (Å²) in [5.74, 6) is -3.90. The van der Waals surface area contributed by atoms with E-state index in [1.54, 1.807) is 13.8 Å². The first-order chi connectivity index (χ1) is 17.6. The van der Waals surface area contributed by atoms with Crippen LogP contribution in [0.5, 0.6) is 0 Å². The van der Waals surface area contributed by atoms with E-state index in [0.29, 0.717) is 44.6 Å². The van der Waals surface area contributed by atoms with Crippen LogP contribution in [0.1, 0.15) is 45.1 Å². The summed E-state index contributed by atoms with van der Waals surface area (Å²) < 4.78 is 5.06. The number of aliphatic carboxylic acids is 2. The predicted molar refractivity (Wildman–Crippen MR) is 130 cm³/mol. The molecule has 0 aliphatic carbocycles. The van der Waals surface area contributed by atoms with Crippen molar-refractivity contribution in [1.82, 2.24) is 10.2 Å². The number of benzene rings is 1. The topological polar surface area (TPSA) is 180 Å². The van der Waals surface area contributed by atoms with Gasteiger partial charge in [0.15, 0.2) is 0 Å². The van der Waals surface area contributed by atoms with Gasteiger partial charge in [0.1, 0.15) is 6.04 Å². The van der Waals surface area contributed by atoms with Gasteiger partial charge in [0.05, 0.1) is 19.1 Å². The van der Waals surface area contributed by atoms with E-state index in [-0.39, 0.29) is 24.3 Å². The van der Waals surface area contributed by atoms with E-state index in [1.165, 1.54) is 4.90 Å². The lowest BCUT2D eigenvalue weighted by Crippen LogP contribution is -2.51. The summed E-state index contributed by atoms with van der Waals surface area (Å²) in [6.45, 7) is 4.25. The third kappa shape index (κ3) is 12.2. The third-order valence-corrected chi connectivity index (χ3v) is 5.47. The number of carboxylic acids is 2. The molecule has 12 heteroatoms. The number of ether oxygens (including phenoxy) is 1. The van der Waals surface area contributed by atoms with Crippen LogP contribution in [0.15, 0.2) is 42.5 Å². The van der Waals surface area contributed by atoms with E-state index >= 15 is 0 Å². The Kier molecular flexibility index (Phi) is 14.2. The van der Waals surface area contributed by atoms with Gasteiger partial charge in [0.25, 0.3) is 0 Å². The molecule has 1 aliphatic rings. The van der Waals surface area contributed by atoms with Crippen LogP contribution >= 0.6 is 0 Å². The molecule has 0 aromatic heterocycles. The minimum atomic E-state index is -1.28. The minimum absolute atomic E-state index is 0.167. The number of esters is 1. The second-order valence-corrected chi connectivity index (χ2v) is 8.23. The molecule has 0 unspecified atom stereocenters. The number of aryl methyl sites for hydroxylation is 1. The first-order valence-electron chi connectivity index (χ1n) is 11.8. The van der Waals surface area contributed by atoms with Gasteiger partial charge in [-0.2, -0.15) is 5.26 Å². The minimum Gasteiger partial charge on any atom is -0.480 e. The Bertz CT molecular complexity index is 935.